The van der Waals surface area contributed by atoms with Crippen molar-refractivity contribution in [3.8, 4) is 0 Å². The molecule has 0 aromatic heterocycles. The molecule has 0 saturated heterocycles. The van der Waals surface area contributed by atoms with Crippen LogP contribution in [-0.2, 0) is 4.79 Å². The molecule has 1 aliphatic heterocycles. The van der Waals surface area contributed by atoms with Crippen LogP contribution in [0.2, 0.25) is 0 Å². The summed E-state index contributed by atoms with van der Waals surface area (Å²) < 4.78 is 0. The number of nitrogens with zero attached hydrogens (tertiary/aromatic N) is 1. The number of anilines is 2. The van der Waals surface area contributed by atoms with Gasteiger partial charge >= 0.3 is 0 Å². The van der Waals surface area contributed by atoms with Gasteiger partial charge in [-0.2, -0.15) is 0 Å². The Labute approximate surface area is 89.4 Å². The summed E-state index contributed by atoms with van der Waals surface area (Å²) in [6.07, 6.45) is 4.08. The fourth-order valence-corrected chi connectivity index (χ4v) is 1.60. The van der Waals surface area contributed by atoms with Crippen LogP contribution in [-0.4, -0.2) is 19.4 Å². The van der Waals surface area contributed by atoms with Crippen molar-refractivity contribution in [2.45, 2.75) is 6.42 Å². The van der Waals surface area contributed by atoms with Gasteiger partial charge < -0.3 is 10.2 Å². The number of ketones is 1. The van der Waals surface area contributed by atoms with E-state index in [2.05, 4.69) is 10.2 Å². The first kappa shape index (κ1) is 9.77. The molecule has 0 radical (unpaired) electrons. The van der Waals surface area contributed by atoms with Crippen molar-refractivity contribution in [1.29, 1.82) is 0 Å². The molecule has 0 unspecified atom stereocenters. The van der Waals surface area contributed by atoms with Crippen molar-refractivity contribution in [2.75, 3.05) is 23.8 Å². The van der Waals surface area contributed by atoms with Gasteiger partial charge in [0, 0.05) is 37.6 Å². The minimum Gasteiger partial charge on any atom is -0.388 e. The Morgan fingerprint density at radius 3 is 2.53 bits per heavy atom. The van der Waals surface area contributed by atoms with E-state index in [1.54, 1.807) is 6.08 Å². The van der Waals surface area contributed by atoms with Crippen molar-refractivity contribution < 1.29 is 4.79 Å². The Bertz CT molecular complexity index is 381. The zero-order valence-corrected chi connectivity index (χ0v) is 8.73. The van der Waals surface area contributed by atoms with Crippen molar-refractivity contribution in [2.24, 2.45) is 0 Å². The number of carbonyl (C=O) groups is 1. The minimum absolute atomic E-state index is 0.207. The molecule has 0 saturated carbocycles. The van der Waals surface area contributed by atoms with Gasteiger partial charge in [-0.15, -0.1) is 0 Å². The topological polar surface area (TPSA) is 32.3 Å². The number of benzene rings is 1. The molecule has 3 nitrogen and oxygen atoms in total. The quantitative estimate of drug-likeness (QED) is 0.796. The van der Waals surface area contributed by atoms with Crippen molar-refractivity contribution >= 4 is 17.2 Å². The van der Waals surface area contributed by atoms with Crippen LogP contribution < -0.4 is 10.2 Å². The maximum atomic E-state index is 11.0. The predicted octanol–water partition coefficient (Wildman–Crippen LogP) is 2.02. The Kier molecular flexibility index (Phi) is 2.72. The van der Waals surface area contributed by atoms with Gasteiger partial charge in [-0.3, -0.25) is 4.79 Å². The van der Waals surface area contributed by atoms with Gasteiger partial charge in [0.1, 0.15) is 0 Å². The molecule has 3 heteroatoms. The van der Waals surface area contributed by atoms with Crippen molar-refractivity contribution in [3.63, 3.8) is 0 Å². The van der Waals surface area contributed by atoms with E-state index in [0.717, 1.165) is 17.9 Å². The number of hydrogen-bond donors (Lipinski definition) is 1. The maximum absolute atomic E-state index is 11.0. The zero-order valence-electron chi connectivity index (χ0n) is 8.73. The molecule has 0 bridgehead atoms. The summed E-state index contributed by atoms with van der Waals surface area (Å²) in [5, 5.41) is 3.07. The monoisotopic (exact) mass is 202 g/mol. The molecular weight excluding hydrogens is 188 g/mol. The van der Waals surface area contributed by atoms with Crippen molar-refractivity contribution in [3.05, 3.63) is 36.5 Å². The fourth-order valence-electron chi connectivity index (χ4n) is 1.60. The van der Waals surface area contributed by atoms with Crippen LogP contribution in [0.3, 0.4) is 0 Å². The smallest absolute Gasteiger partial charge is 0.158 e. The average molecular weight is 202 g/mol. The first-order valence-corrected chi connectivity index (χ1v) is 5.05. The van der Waals surface area contributed by atoms with Gasteiger partial charge in [0.05, 0.1) is 0 Å². The second-order valence-electron chi connectivity index (χ2n) is 3.52. The number of rotatable bonds is 2. The average Bonchev–Trinajstić information content (AvgIpc) is 2.30. The molecule has 1 aromatic rings. The zero-order chi connectivity index (χ0) is 10.7. The third-order valence-electron chi connectivity index (χ3n) is 2.53. The van der Waals surface area contributed by atoms with Crippen molar-refractivity contribution in [1.82, 2.24) is 0 Å². The second-order valence-corrected chi connectivity index (χ2v) is 3.52. The largest absolute Gasteiger partial charge is 0.388 e. The highest BCUT2D eigenvalue weighted by Gasteiger charge is 2.10. The molecule has 0 atom stereocenters. The first-order valence-electron chi connectivity index (χ1n) is 5.05. The second kappa shape index (κ2) is 4.17. The Morgan fingerprint density at radius 2 is 2.00 bits per heavy atom. The highest BCUT2D eigenvalue weighted by Crippen LogP contribution is 2.19. The molecule has 0 amide bonds. The summed E-state index contributed by atoms with van der Waals surface area (Å²) in [6.45, 7) is 0.772. The van der Waals surface area contributed by atoms with Crippen LogP contribution in [0.1, 0.15) is 6.42 Å². The Morgan fingerprint density at radius 1 is 1.27 bits per heavy atom. The van der Waals surface area contributed by atoms with E-state index in [4.69, 9.17) is 0 Å². The molecule has 0 aliphatic carbocycles. The molecule has 15 heavy (non-hydrogen) atoms. The van der Waals surface area contributed by atoms with Gasteiger partial charge in [0.25, 0.3) is 0 Å². The lowest BCUT2D eigenvalue weighted by Crippen LogP contribution is -2.23. The molecule has 2 rings (SSSR count). The third-order valence-corrected chi connectivity index (χ3v) is 2.53. The minimum atomic E-state index is 0.207. The molecule has 78 valence electrons. The molecule has 0 fully saturated rings. The lowest BCUT2D eigenvalue weighted by molar-refractivity contribution is -0.114. The van der Waals surface area contributed by atoms with Gasteiger partial charge in [-0.25, -0.2) is 0 Å². The molecular formula is C12H14N2O. The molecule has 1 aromatic carbocycles. The molecule has 0 spiro atoms. The van der Waals surface area contributed by atoms with Gasteiger partial charge in [-0.1, -0.05) is 0 Å². The highest BCUT2D eigenvalue weighted by molar-refractivity contribution is 5.91. The van der Waals surface area contributed by atoms with Gasteiger partial charge in [0.2, 0.25) is 0 Å². The van der Waals surface area contributed by atoms with E-state index in [1.807, 2.05) is 37.5 Å². The number of allylic oxidation sites excluding steroid dienone is 1. The summed E-state index contributed by atoms with van der Waals surface area (Å²) in [6, 6.07) is 8.15. The first-order chi connectivity index (χ1) is 7.29. The lowest BCUT2D eigenvalue weighted by atomic mass is 10.2. The molecule has 1 N–H and O–H groups in total. The highest BCUT2D eigenvalue weighted by atomic mass is 16.1. The standard InChI is InChI=1S/C12H14N2O/c1-13-10-2-4-11(5-3-10)14-8-6-12(15)7-9-14/h2-6,8,13H,7,9H2,1H3. The van der Waals surface area contributed by atoms with Crippen LogP contribution in [0.15, 0.2) is 36.5 Å². The van der Waals surface area contributed by atoms with Crippen LogP contribution in [0.4, 0.5) is 11.4 Å². The SMILES string of the molecule is CNc1ccc(N2C=CC(=O)CC2)cc1. The summed E-state index contributed by atoms with van der Waals surface area (Å²) in [7, 11) is 1.90. The van der Waals surface area contributed by atoms with E-state index in [0.29, 0.717) is 6.42 Å². The number of hydrogen-bond acceptors (Lipinski definition) is 3. The van der Waals surface area contributed by atoms with E-state index < -0.39 is 0 Å². The van der Waals surface area contributed by atoms with E-state index >= 15 is 0 Å². The summed E-state index contributed by atoms with van der Waals surface area (Å²) in [5.74, 6) is 0.207. The fraction of sp³-hybridized carbons (Fsp3) is 0.250. The van der Waals surface area contributed by atoms with E-state index in [9.17, 15) is 4.79 Å². The lowest BCUT2D eigenvalue weighted by Gasteiger charge is -2.22. The van der Waals surface area contributed by atoms with E-state index in [1.165, 1.54) is 0 Å². The number of carbonyl (C=O) groups excluding carboxylic acids is 1. The summed E-state index contributed by atoms with van der Waals surface area (Å²) in [4.78, 5) is 13.1. The van der Waals surface area contributed by atoms with Gasteiger partial charge in [-0.05, 0) is 30.3 Å². The van der Waals surface area contributed by atoms with E-state index in [-0.39, 0.29) is 5.78 Å². The Balaban J connectivity index is 2.16. The van der Waals surface area contributed by atoms with Crippen LogP contribution in [0.25, 0.3) is 0 Å². The van der Waals surface area contributed by atoms with Crippen LogP contribution in [0, 0.1) is 0 Å². The van der Waals surface area contributed by atoms with Gasteiger partial charge in [0.15, 0.2) is 5.78 Å². The summed E-state index contributed by atoms with van der Waals surface area (Å²) >= 11 is 0. The number of nitrogens with one attached hydrogen (secondary N) is 1. The maximum Gasteiger partial charge on any atom is 0.158 e. The third kappa shape index (κ3) is 2.18. The summed E-state index contributed by atoms with van der Waals surface area (Å²) in [5.41, 5.74) is 2.22. The predicted molar refractivity (Wildman–Crippen MR) is 62.1 cm³/mol. The molecule has 1 heterocycles. The molecule has 1 aliphatic rings. The Hall–Kier alpha value is -1.77. The van der Waals surface area contributed by atoms with Crippen LogP contribution in [0.5, 0.6) is 0 Å². The van der Waals surface area contributed by atoms with Crippen LogP contribution >= 0.6 is 0 Å². The normalized spacial score (nSPS) is 15.5.